The van der Waals surface area contributed by atoms with Crippen molar-refractivity contribution >= 4 is 5.84 Å². The molecule has 76 valence electrons. The molecule has 0 heterocycles. The number of nitrogens with zero attached hydrogens (tertiary/aromatic N) is 1. The molecule has 4 nitrogen and oxygen atoms in total. The highest BCUT2D eigenvalue weighted by molar-refractivity contribution is 6.00. The largest absolute Gasteiger partial charge is 0.496 e. The summed E-state index contributed by atoms with van der Waals surface area (Å²) in [7, 11) is 4.91. The van der Waals surface area contributed by atoms with Crippen molar-refractivity contribution in [1.82, 2.24) is 5.32 Å². The highest BCUT2D eigenvalue weighted by atomic mass is 16.6. The first-order valence-electron chi connectivity index (χ1n) is 4.25. The molecular weight excluding hydrogens is 180 g/mol. The Labute approximate surface area is 83.5 Å². The highest BCUT2D eigenvalue weighted by Crippen LogP contribution is 2.17. The number of para-hydroxylation sites is 1. The summed E-state index contributed by atoms with van der Waals surface area (Å²) in [5.74, 6) is 1.41. The lowest BCUT2D eigenvalue weighted by atomic mass is 10.2. The number of oxime groups is 1. The summed E-state index contributed by atoms with van der Waals surface area (Å²) in [6.45, 7) is 0. The molecular formula is C10H14N2O2. The molecule has 0 atom stereocenters. The maximum Gasteiger partial charge on any atom is 0.176 e. The van der Waals surface area contributed by atoms with Gasteiger partial charge in [-0.15, -0.1) is 0 Å². The van der Waals surface area contributed by atoms with Crippen molar-refractivity contribution in [3.8, 4) is 5.75 Å². The molecule has 0 spiro atoms. The van der Waals surface area contributed by atoms with E-state index in [0.717, 1.165) is 11.3 Å². The molecule has 4 heteroatoms. The molecule has 0 amide bonds. The lowest BCUT2D eigenvalue weighted by Crippen LogP contribution is -2.20. The van der Waals surface area contributed by atoms with Gasteiger partial charge in [-0.25, -0.2) is 0 Å². The van der Waals surface area contributed by atoms with Crippen molar-refractivity contribution in [2.75, 3.05) is 21.3 Å². The molecule has 1 N–H and O–H groups in total. The molecule has 0 aromatic heterocycles. The van der Waals surface area contributed by atoms with Gasteiger partial charge in [0.2, 0.25) is 0 Å². The van der Waals surface area contributed by atoms with E-state index < -0.39 is 0 Å². The molecule has 1 aromatic rings. The lowest BCUT2D eigenvalue weighted by molar-refractivity contribution is 0.212. The number of amidine groups is 1. The Hall–Kier alpha value is -1.71. The third kappa shape index (κ3) is 2.16. The molecule has 0 aliphatic carbocycles. The van der Waals surface area contributed by atoms with Crippen LogP contribution in [-0.2, 0) is 4.84 Å². The molecule has 0 aliphatic rings. The number of ether oxygens (including phenoxy) is 1. The van der Waals surface area contributed by atoms with Crippen molar-refractivity contribution in [3.05, 3.63) is 29.8 Å². The first-order chi connectivity index (χ1) is 6.83. The van der Waals surface area contributed by atoms with E-state index in [2.05, 4.69) is 10.5 Å². The summed E-state index contributed by atoms with van der Waals surface area (Å²) < 4.78 is 5.20. The third-order valence-electron chi connectivity index (χ3n) is 1.78. The first kappa shape index (κ1) is 10.4. The first-order valence-corrected chi connectivity index (χ1v) is 4.25. The van der Waals surface area contributed by atoms with E-state index in [-0.39, 0.29) is 0 Å². The summed E-state index contributed by atoms with van der Waals surface area (Å²) in [5.41, 5.74) is 0.874. The standard InChI is InChI=1S/C10H14N2O2/c1-11-10(12-14-3)8-6-4-5-7-9(8)13-2/h4-7H,1-3H3,(H,11,12). The maximum absolute atomic E-state index is 5.20. The van der Waals surface area contributed by atoms with Gasteiger partial charge >= 0.3 is 0 Å². The van der Waals surface area contributed by atoms with Gasteiger partial charge in [-0.2, -0.15) is 0 Å². The number of hydrogen-bond donors (Lipinski definition) is 1. The van der Waals surface area contributed by atoms with E-state index in [1.165, 1.54) is 7.11 Å². The molecule has 0 saturated heterocycles. The van der Waals surface area contributed by atoms with Crippen LogP contribution >= 0.6 is 0 Å². The van der Waals surface area contributed by atoms with Gasteiger partial charge in [0.05, 0.1) is 12.7 Å². The number of benzene rings is 1. The van der Waals surface area contributed by atoms with Gasteiger partial charge in [0.25, 0.3) is 0 Å². The van der Waals surface area contributed by atoms with Gasteiger partial charge < -0.3 is 14.9 Å². The van der Waals surface area contributed by atoms with Crippen molar-refractivity contribution in [3.63, 3.8) is 0 Å². The third-order valence-corrected chi connectivity index (χ3v) is 1.78. The highest BCUT2D eigenvalue weighted by Gasteiger charge is 2.07. The van der Waals surface area contributed by atoms with E-state index in [4.69, 9.17) is 9.57 Å². The van der Waals surface area contributed by atoms with Gasteiger partial charge in [0.15, 0.2) is 5.84 Å². The van der Waals surface area contributed by atoms with Gasteiger partial charge in [-0.3, -0.25) is 0 Å². The fraction of sp³-hybridized carbons (Fsp3) is 0.300. The van der Waals surface area contributed by atoms with Crippen LogP contribution in [0, 0.1) is 0 Å². The molecule has 1 rings (SSSR count). The van der Waals surface area contributed by atoms with Gasteiger partial charge in [-0.05, 0) is 12.1 Å². The number of rotatable bonds is 3. The van der Waals surface area contributed by atoms with Crippen LogP contribution in [0.2, 0.25) is 0 Å². The summed E-state index contributed by atoms with van der Waals surface area (Å²) in [6.07, 6.45) is 0. The monoisotopic (exact) mass is 194 g/mol. The zero-order chi connectivity index (χ0) is 10.4. The summed E-state index contributed by atoms with van der Waals surface area (Å²) in [4.78, 5) is 4.72. The minimum atomic E-state index is 0.643. The van der Waals surface area contributed by atoms with Gasteiger partial charge in [0.1, 0.15) is 12.9 Å². The Bertz CT molecular complexity index is 324. The maximum atomic E-state index is 5.20. The second kappa shape index (κ2) is 5.11. The summed E-state index contributed by atoms with van der Waals surface area (Å²) >= 11 is 0. The van der Waals surface area contributed by atoms with E-state index in [1.54, 1.807) is 14.2 Å². The fourth-order valence-corrected chi connectivity index (χ4v) is 1.16. The molecule has 0 aliphatic heterocycles. The van der Waals surface area contributed by atoms with Crippen molar-refractivity contribution < 1.29 is 9.57 Å². The molecule has 1 aromatic carbocycles. The molecule has 0 unspecified atom stereocenters. The Morgan fingerprint density at radius 1 is 1.29 bits per heavy atom. The van der Waals surface area contributed by atoms with Crippen LogP contribution in [-0.4, -0.2) is 27.1 Å². The fourth-order valence-electron chi connectivity index (χ4n) is 1.16. The number of hydrogen-bond acceptors (Lipinski definition) is 3. The van der Waals surface area contributed by atoms with Crippen LogP contribution in [0.15, 0.2) is 29.4 Å². The molecule has 14 heavy (non-hydrogen) atoms. The minimum Gasteiger partial charge on any atom is -0.496 e. The van der Waals surface area contributed by atoms with E-state index in [0.29, 0.717) is 5.84 Å². The minimum absolute atomic E-state index is 0.643. The Kier molecular flexibility index (Phi) is 3.79. The predicted octanol–water partition coefficient (Wildman–Crippen LogP) is 1.22. The van der Waals surface area contributed by atoms with E-state index in [9.17, 15) is 0 Å². The van der Waals surface area contributed by atoms with Crippen LogP contribution < -0.4 is 10.1 Å². The van der Waals surface area contributed by atoms with E-state index >= 15 is 0 Å². The lowest BCUT2D eigenvalue weighted by Gasteiger charge is -2.09. The average molecular weight is 194 g/mol. The predicted molar refractivity (Wildman–Crippen MR) is 55.6 cm³/mol. The quantitative estimate of drug-likeness (QED) is 0.447. The van der Waals surface area contributed by atoms with E-state index in [1.807, 2.05) is 24.3 Å². The summed E-state index contributed by atoms with van der Waals surface area (Å²) in [6, 6.07) is 7.60. The topological polar surface area (TPSA) is 42.9 Å². The van der Waals surface area contributed by atoms with Crippen LogP contribution in [0.25, 0.3) is 0 Å². The van der Waals surface area contributed by atoms with Crippen LogP contribution in [0.1, 0.15) is 5.56 Å². The normalized spacial score (nSPS) is 10.9. The van der Waals surface area contributed by atoms with Crippen molar-refractivity contribution in [2.45, 2.75) is 0 Å². The molecule has 0 radical (unpaired) electrons. The number of methoxy groups -OCH3 is 1. The molecule has 0 saturated carbocycles. The second-order valence-corrected chi connectivity index (χ2v) is 2.57. The second-order valence-electron chi connectivity index (χ2n) is 2.57. The van der Waals surface area contributed by atoms with Gasteiger partial charge in [0, 0.05) is 7.05 Å². The average Bonchev–Trinajstić information content (AvgIpc) is 2.26. The zero-order valence-electron chi connectivity index (χ0n) is 8.57. The number of nitrogens with one attached hydrogen (secondary N) is 1. The van der Waals surface area contributed by atoms with Crippen LogP contribution in [0.5, 0.6) is 5.75 Å². The Morgan fingerprint density at radius 2 is 2.00 bits per heavy atom. The van der Waals surface area contributed by atoms with Crippen LogP contribution in [0.4, 0.5) is 0 Å². The Balaban J connectivity index is 3.09. The van der Waals surface area contributed by atoms with Crippen molar-refractivity contribution in [1.29, 1.82) is 0 Å². The zero-order valence-corrected chi connectivity index (χ0v) is 8.57. The van der Waals surface area contributed by atoms with Crippen molar-refractivity contribution in [2.24, 2.45) is 5.16 Å². The Morgan fingerprint density at radius 3 is 2.57 bits per heavy atom. The van der Waals surface area contributed by atoms with Gasteiger partial charge in [-0.1, -0.05) is 17.3 Å². The molecule has 0 fully saturated rings. The SMILES string of the molecule is CN/C(=N\OC)c1ccccc1OC. The molecule has 0 bridgehead atoms. The smallest absolute Gasteiger partial charge is 0.176 e. The van der Waals surface area contributed by atoms with Crippen LogP contribution in [0.3, 0.4) is 0 Å². The summed E-state index contributed by atoms with van der Waals surface area (Å²) in [5, 5.41) is 6.79.